The Balaban J connectivity index is 1.28. The highest BCUT2D eigenvalue weighted by molar-refractivity contribution is 5.65. The topological polar surface area (TPSA) is 9.23 Å². The first-order valence-corrected chi connectivity index (χ1v) is 12.5. The maximum absolute atomic E-state index is 14.8. The third-order valence-electron chi connectivity index (χ3n) is 7.25. The van der Waals surface area contributed by atoms with Crippen molar-refractivity contribution >= 4 is 0 Å². The lowest BCUT2D eigenvalue weighted by Crippen LogP contribution is -2.13. The third-order valence-corrected chi connectivity index (χ3v) is 7.25. The molecule has 5 rings (SSSR count). The molecule has 4 aromatic carbocycles. The molecule has 8 heteroatoms. The number of hydrogen-bond donors (Lipinski definition) is 0. The molecule has 1 saturated carbocycles. The van der Waals surface area contributed by atoms with E-state index in [0.29, 0.717) is 23.6 Å². The van der Waals surface area contributed by atoms with Gasteiger partial charge < -0.3 is 4.74 Å². The van der Waals surface area contributed by atoms with E-state index < -0.39 is 64.2 Å². The largest absolute Gasteiger partial charge is 0.483 e. The summed E-state index contributed by atoms with van der Waals surface area (Å²) in [4.78, 5) is 0. The van der Waals surface area contributed by atoms with Crippen LogP contribution < -0.4 is 4.74 Å². The Hall–Kier alpha value is -3.81. The van der Waals surface area contributed by atoms with Crippen molar-refractivity contribution in [3.63, 3.8) is 0 Å². The Kier molecular flexibility index (Phi) is 7.64. The zero-order valence-corrected chi connectivity index (χ0v) is 20.6. The van der Waals surface area contributed by atoms with Crippen LogP contribution in [0.25, 0.3) is 11.1 Å². The van der Waals surface area contributed by atoms with Gasteiger partial charge in [-0.15, -0.1) is 0 Å². The highest BCUT2D eigenvalue weighted by Gasteiger charge is 2.26. The van der Waals surface area contributed by atoms with Crippen molar-refractivity contribution in [1.29, 1.82) is 0 Å². The number of hydrogen-bond acceptors (Lipinski definition) is 1. The van der Waals surface area contributed by atoms with Gasteiger partial charge in [-0.3, -0.25) is 0 Å². The van der Waals surface area contributed by atoms with Gasteiger partial charge in [-0.25, -0.2) is 30.7 Å². The van der Waals surface area contributed by atoms with Crippen molar-refractivity contribution in [2.24, 2.45) is 0 Å². The van der Waals surface area contributed by atoms with Crippen molar-refractivity contribution in [2.45, 2.75) is 44.1 Å². The molecule has 0 amide bonds. The normalized spacial score (nSPS) is 17.3. The lowest BCUT2D eigenvalue weighted by atomic mass is 9.76. The van der Waals surface area contributed by atoms with Crippen molar-refractivity contribution < 1.29 is 35.5 Å². The van der Waals surface area contributed by atoms with Crippen LogP contribution in [0.4, 0.5) is 30.7 Å². The molecule has 1 fully saturated rings. The zero-order chi connectivity index (χ0) is 27.7. The quantitative estimate of drug-likeness (QED) is 0.174. The minimum atomic E-state index is -1.76. The third kappa shape index (κ3) is 5.65. The van der Waals surface area contributed by atoms with Crippen LogP contribution in [0.1, 0.15) is 54.2 Å². The van der Waals surface area contributed by atoms with Gasteiger partial charge in [0, 0.05) is 0 Å². The molecule has 0 heterocycles. The fourth-order valence-corrected chi connectivity index (χ4v) is 5.28. The van der Waals surface area contributed by atoms with Crippen molar-refractivity contribution in [2.75, 3.05) is 0 Å². The predicted molar refractivity (Wildman–Crippen MR) is 133 cm³/mol. The molecule has 4 aromatic rings. The number of ether oxygens (including phenoxy) is 1. The molecule has 0 unspecified atom stereocenters. The van der Waals surface area contributed by atoms with E-state index in [1.807, 2.05) is 18.2 Å². The minimum absolute atomic E-state index is 0.000108. The maximum atomic E-state index is 14.8. The van der Waals surface area contributed by atoms with E-state index in [2.05, 4.69) is 12.1 Å². The Bertz CT molecular complexity index is 1430. The van der Waals surface area contributed by atoms with E-state index in [4.69, 9.17) is 4.74 Å². The molecule has 1 nitrogen and oxygen atoms in total. The molecule has 0 atom stereocenters. The smallest absolute Gasteiger partial charge is 0.194 e. The second kappa shape index (κ2) is 11.1. The van der Waals surface area contributed by atoms with Crippen LogP contribution in [0.5, 0.6) is 5.75 Å². The molecular weight excluding hydrogens is 521 g/mol. The van der Waals surface area contributed by atoms with Crippen molar-refractivity contribution in [3.8, 4) is 16.9 Å². The fourth-order valence-electron chi connectivity index (χ4n) is 5.28. The van der Waals surface area contributed by atoms with Crippen molar-refractivity contribution in [3.05, 3.63) is 124 Å². The summed E-state index contributed by atoms with van der Waals surface area (Å²) in [7, 11) is 0. The van der Waals surface area contributed by atoms with Gasteiger partial charge in [0.15, 0.2) is 34.8 Å². The first kappa shape index (κ1) is 26.8. The highest BCUT2D eigenvalue weighted by atomic mass is 19.2. The highest BCUT2D eigenvalue weighted by Crippen LogP contribution is 2.41. The summed E-state index contributed by atoms with van der Waals surface area (Å²) in [5, 5.41) is 0. The summed E-state index contributed by atoms with van der Waals surface area (Å²) in [5.41, 5.74) is 0.359. The molecule has 1 aliphatic rings. The van der Waals surface area contributed by atoms with Crippen LogP contribution >= 0.6 is 0 Å². The molecule has 0 radical (unpaired) electrons. The first-order valence-electron chi connectivity index (χ1n) is 12.5. The molecule has 0 bridgehead atoms. The second-order valence-electron chi connectivity index (χ2n) is 9.75. The average Bonchev–Trinajstić information content (AvgIpc) is 2.91. The Labute approximate surface area is 220 Å². The maximum Gasteiger partial charge on any atom is 0.194 e. The van der Waals surface area contributed by atoms with Crippen LogP contribution in [-0.4, -0.2) is 0 Å². The molecule has 0 N–H and O–H groups in total. The summed E-state index contributed by atoms with van der Waals surface area (Å²) in [6.07, 6.45) is 3.37. The first-order chi connectivity index (χ1) is 18.7. The van der Waals surface area contributed by atoms with Gasteiger partial charge in [-0.2, -0.15) is 0 Å². The summed E-state index contributed by atoms with van der Waals surface area (Å²) in [5.74, 6) is -9.50. The van der Waals surface area contributed by atoms with E-state index in [1.54, 1.807) is 0 Å². The summed E-state index contributed by atoms with van der Waals surface area (Å²) in [6, 6.07) is 15.2. The Morgan fingerprint density at radius 2 is 1.08 bits per heavy atom. The van der Waals surface area contributed by atoms with Gasteiger partial charge >= 0.3 is 0 Å². The van der Waals surface area contributed by atoms with Crippen LogP contribution in [0.15, 0.2) is 66.7 Å². The van der Waals surface area contributed by atoms with Crippen molar-refractivity contribution in [1.82, 2.24) is 0 Å². The van der Waals surface area contributed by atoms with Gasteiger partial charge in [0.25, 0.3) is 0 Å². The van der Waals surface area contributed by atoms with E-state index in [0.717, 1.165) is 37.8 Å². The lowest BCUT2D eigenvalue weighted by Gasteiger charge is -2.29. The standard InChI is InChI=1S/C31H23F7O/c32-23-10-17(11-24(33)29(23)22-14-25(34)30(38)26(35)15-22)16-39-31-27(36)12-21(13-28(31)37)20-8-6-19(7-9-20)18-4-2-1-3-5-18/h1-5,10-15,19-20H,6-9,16H2. The summed E-state index contributed by atoms with van der Waals surface area (Å²) < 4.78 is 105. The zero-order valence-electron chi connectivity index (χ0n) is 20.6. The SMILES string of the molecule is Fc1cc(-c2c(F)cc(COc3c(F)cc(C4CCC(c5ccccc5)CC4)cc3F)cc2F)cc(F)c1F. The summed E-state index contributed by atoms with van der Waals surface area (Å²) in [6.45, 7) is -0.574. The van der Waals surface area contributed by atoms with Crippen LogP contribution in [-0.2, 0) is 6.61 Å². The Morgan fingerprint density at radius 1 is 0.564 bits per heavy atom. The molecule has 0 aliphatic heterocycles. The van der Waals surface area contributed by atoms with Crippen LogP contribution in [0.3, 0.4) is 0 Å². The molecule has 202 valence electrons. The molecule has 0 saturated heterocycles. The van der Waals surface area contributed by atoms with E-state index in [-0.39, 0.29) is 11.5 Å². The predicted octanol–water partition coefficient (Wildman–Crippen LogP) is 9.35. The molecule has 1 aliphatic carbocycles. The number of rotatable bonds is 6. The van der Waals surface area contributed by atoms with Gasteiger partial charge in [-0.05, 0) is 96.2 Å². The summed E-state index contributed by atoms with van der Waals surface area (Å²) >= 11 is 0. The van der Waals surface area contributed by atoms with Gasteiger partial charge in [0.2, 0.25) is 0 Å². The monoisotopic (exact) mass is 544 g/mol. The Morgan fingerprint density at radius 3 is 1.62 bits per heavy atom. The number of halogens is 7. The van der Waals surface area contributed by atoms with Gasteiger partial charge in [0.1, 0.15) is 18.2 Å². The van der Waals surface area contributed by atoms with E-state index >= 15 is 0 Å². The minimum Gasteiger partial charge on any atom is -0.483 e. The van der Waals surface area contributed by atoms with Crippen LogP contribution in [0, 0.1) is 40.7 Å². The molecule has 0 aromatic heterocycles. The molecular formula is C31H23F7O. The average molecular weight is 545 g/mol. The van der Waals surface area contributed by atoms with E-state index in [1.165, 1.54) is 17.7 Å². The van der Waals surface area contributed by atoms with Gasteiger partial charge in [-0.1, -0.05) is 30.3 Å². The van der Waals surface area contributed by atoms with Crippen LogP contribution in [0.2, 0.25) is 0 Å². The lowest BCUT2D eigenvalue weighted by molar-refractivity contribution is 0.272. The van der Waals surface area contributed by atoms with Gasteiger partial charge in [0.05, 0.1) is 5.56 Å². The fraction of sp³-hybridized carbons (Fsp3) is 0.226. The number of benzene rings is 4. The van der Waals surface area contributed by atoms with E-state index in [9.17, 15) is 30.7 Å². The molecule has 39 heavy (non-hydrogen) atoms. The second-order valence-corrected chi connectivity index (χ2v) is 9.75. The molecule has 0 spiro atoms.